The molecule has 0 bridgehead atoms. The highest BCUT2D eigenvalue weighted by molar-refractivity contribution is 5.98. The number of methoxy groups -OCH3 is 1. The summed E-state index contributed by atoms with van der Waals surface area (Å²) in [4.78, 5) is 34.9. The molecule has 158 valence electrons. The molecule has 3 aromatic rings. The number of nitro benzene ring substituents is 1. The van der Waals surface area contributed by atoms with Crippen molar-refractivity contribution in [2.45, 2.75) is 13.2 Å². The first-order chi connectivity index (χ1) is 15.0. The summed E-state index contributed by atoms with van der Waals surface area (Å²) in [5.41, 5.74) is 1.28. The summed E-state index contributed by atoms with van der Waals surface area (Å²) in [6, 6.07) is 20.3. The number of para-hydroxylation sites is 1. The second-order valence-electron chi connectivity index (χ2n) is 6.57. The summed E-state index contributed by atoms with van der Waals surface area (Å²) in [6.45, 7) is 0.503. The molecule has 0 fully saturated rings. The van der Waals surface area contributed by atoms with E-state index in [0.29, 0.717) is 6.61 Å². The van der Waals surface area contributed by atoms with Crippen LogP contribution in [0.2, 0.25) is 0 Å². The number of rotatable bonds is 8. The van der Waals surface area contributed by atoms with E-state index >= 15 is 0 Å². The van der Waals surface area contributed by atoms with Crippen LogP contribution in [0.3, 0.4) is 0 Å². The zero-order valence-corrected chi connectivity index (χ0v) is 16.7. The molecule has 8 heteroatoms. The quantitative estimate of drug-likeness (QED) is 0.336. The van der Waals surface area contributed by atoms with E-state index in [2.05, 4.69) is 10.1 Å². The third-order valence-electron chi connectivity index (χ3n) is 4.51. The average molecular weight is 420 g/mol. The molecule has 0 saturated heterocycles. The topological polar surface area (TPSA) is 108 Å². The van der Waals surface area contributed by atoms with E-state index in [-0.39, 0.29) is 23.4 Å². The van der Waals surface area contributed by atoms with Crippen molar-refractivity contribution in [1.29, 1.82) is 0 Å². The molecule has 0 spiro atoms. The van der Waals surface area contributed by atoms with E-state index in [0.717, 1.165) is 36.1 Å². The third-order valence-corrected chi connectivity index (χ3v) is 4.51. The Morgan fingerprint density at radius 1 is 0.935 bits per heavy atom. The molecule has 0 saturated carbocycles. The molecular formula is C23H20N2O6. The van der Waals surface area contributed by atoms with Gasteiger partial charge in [-0.05, 0) is 29.3 Å². The summed E-state index contributed by atoms with van der Waals surface area (Å²) in [6.07, 6.45) is 0. The van der Waals surface area contributed by atoms with E-state index in [4.69, 9.17) is 4.74 Å². The van der Waals surface area contributed by atoms with Gasteiger partial charge in [-0.1, -0.05) is 42.5 Å². The molecule has 0 heterocycles. The Balaban J connectivity index is 1.73. The molecule has 8 nitrogen and oxygen atoms in total. The van der Waals surface area contributed by atoms with Crippen molar-refractivity contribution in [2.75, 3.05) is 7.11 Å². The maximum absolute atomic E-state index is 12.6. The van der Waals surface area contributed by atoms with Crippen LogP contribution in [-0.2, 0) is 17.9 Å². The number of nitro groups is 1. The number of esters is 1. The van der Waals surface area contributed by atoms with Crippen molar-refractivity contribution >= 4 is 17.6 Å². The van der Waals surface area contributed by atoms with Crippen LogP contribution < -0.4 is 10.1 Å². The Bertz CT molecular complexity index is 1100. The Morgan fingerprint density at radius 2 is 1.58 bits per heavy atom. The molecule has 0 aliphatic carbocycles. The lowest BCUT2D eigenvalue weighted by atomic mass is 10.1. The first-order valence-corrected chi connectivity index (χ1v) is 9.38. The lowest BCUT2D eigenvalue weighted by Crippen LogP contribution is -2.24. The van der Waals surface area contributed by atoms with Crippen LogP contribution in [-0.4, -0.2) is 23.9 Å². The molecule has 1 N–H and O–H groups in total. The highest BCUT2D eigenvalue weighted by atomic mass is 16.6. The van der Waals surface area contributed by atoms with Crippen LogP contribution in [0.15, 0.2) is 72.8 Å². The van der Waals surface area contributed by atoms with Crippen molar-refractivity contribution in [2.24, 2.45) is 0 Å². The van der Waals surface area contributed by atoms with Crippen molar-refractivity contribution in [3.05, 3.63) is 105 Å². The molecule has 3 aromatic carbocycles. The Kier molecular flexibility index (Phi) is 6.95. The van der Waals surface area contributed by atoms with Crippen molar-refractivity contribution in [3.63, 3.8) is 0 Å². The molecule has 1 amide bonds. The fraction of sp³-hybridized carbons (Fsp3) is 0.130. The third kappa shape index (κ3) is 5.66. The van der Waals surface area contributed by atoms with Crippen LogP contribution in [0.4, 0.5) is 5.69 Å². The number of non-ortho nitro benzene ring substituents is 1. The van der Waals surface area contributed by atoms with Gasteiger partial charge in [0.25, 0.3) is 11.6 Å². The van der Waals surface area contributed by atoms with Gasteiger partial charge in [-0.15, -0.1) is 0 Å². The minimum atomic E-state index is -0.763. The van der Waals surface area contributed by atoms with Gasteiger partial charge in [0.2, 0.25) is 0 Å². The number of carbonyl (C=O) groups excluding carboxylic acids is 2. The summed E-state index contributed by atoms with van der Waals surface area (Å²) in [7, 11) is 1.16. The van der Waals surface area contributed by atoms with Crippen LogP contribution in [0.25, 0.3) is 0 Å². The van der Waals surface area contributed by atoms with Crippen LogP contribution >= 0.6 is 0 Å². The summed E-state index contributed by atoms with van der Waals surface area (Å²) >= 11 is 0. The summed E-state index contributed by atoms with van der Waals surface area (Å²) in [5.74, 6) is -0.581. The molecule has 0 unspecified atom stereocenters. The second-order valence-corrected chi connectivity index (χ2v) is 6.57. The molecule has 0 aliphatic rings. The lowest BCUT2D eigenvalue weighted by molar-refractivity contribution is -0.384. The number of benzene rings is 3. The van der Waals surface area contributed by atoms with Gasteiger partial charge in [0.1, 0.15) is 12.4 Å². The monoisotopic (exact) mass is 420 g/mol. The zero-order chi connectivity index (χ0) is 22.2. The largest absolute Gasteiger partial charge is 0.489 e. The molecule has 31 heavy (non-hydrogen) atoms. The van der Waals surface area contributed by atoms with E-state index in [1.54, 1.807) is 0 Å². The van der Waals surface area contributed by atoms with Crippen molar-refractivity contribution in [3.8, 4) is 5.75 Å². The SMILES string of the molecule is COC(=O)c1cc(C(=O)NCc2ccccc2COc2ccccc2)cc([N+](=O)[O-])c1. The van der Waals surface area contributed by atoms with Gasteiger partial charge in [-0.2, -0.15) is 0 Å². The first-order valence-electron chi connectivity index (χ1n) is 9.38. The van der Waals surface area contributed by atoms with E-state index in [1.807, 2.05) is 54.6 Å². The standard InChI is InChI=1S/C23H20N2O6/c1-30-23(27)19-11-18(12-20(13-19)25(28)29)22(26)24-14-16-7-5-6-8-17(16)15-31-21-9-3-2-4-10-21/h2-13H,14-15H2,1H3,(H,24,26). The van der Waals surface area contributed by atoms with Gasteiger partial charge in [0.05, 0.1) is 17.6 Å². The van der Waals surface area contributed by atoms with Gasteiger partial charge in [0.15, 0.2) is 0 Å². The molecule has 0 aromatic heterocycles. The molecular weight excluding hydrogens is 400 g/mol. The lowest BCUT2D eigenvalue weighted by Gasteiger charge is -2.12. The van der Waals surface area contributed by atoms with Crippen LogP contribution in [0.1, 0.15) is 31.8 Å². The van der Waals surface area contributed by atoms with Gasteiger partial charge in [-0.3, -0.25) is 14.9 Å². The molecule has 0 aliphatic heterocycles. The maximum atomic E-state index is 12.6. The van der Waals surface area contributed by atoms with E-state index in [9.17, 15) is 19.7 Å². The number of hydrogen-bond donors (Lipinski definition) is 1. The van der Waals surface area contributed by atoms with Crippen molar-refractivity contribution < 1.29 is 24.0 Å². The Hall–Kier alpha value is -4.20. The van der Waals surface area contributed by atoms with Gasteiger partial charge >= 0.3 is 5.97 Å². The first kappa shape index (κ1) is 21.5. The zero-order valence-electron chi connectivity index (χ0n) is 16.7. The molecule has 0 radical (unpaired) electrons. The highest BCUT2D eigenvalue weighted by Gasteiger charge is 2.18. The second kappa shape index (κ2) is 10.0. The number of nitrogens with zero attached hydrogens (tertiary/aromatic N) is 1. The molecule has 3 rings (SSSR count). The smallest absolute Gasteiger partial charge is 0.338 e. The normalized spacial score (nSPS) is 10.2. The minimum Gasteiger partial charge on any atom is -0.489 e. The number of amides is 1. The number of nitrogens with one attached hydrogen (secondary N) is 1. The fourth-order valence-corrected chi connectivity index (χ4v) is 2.91. The van der Waals surface area contributed by atoms with Crippen molar-refractivity contribution in [1.82, 2.24) is 5.32 Å². The maximum Gasteiger partial charge on any atom is 0.338 e. The Labute approximate surface area is 178 Å². The van der Waals surface area contributed by atoms with E-state index in [1.165, 1.54) is 6.07 Å². The number of carbonyl (C=O) groups is 2. The Morgan fingerprint density at radius 3 is 2.26 bits per heavy atom. The average Bonchev–Trinajstić information content (AvgIpc) is 2.81. The number of hydrogen-bond acceptors (Lipinski definition) is 6. The van der Waals surface area contributed by atoms with Gasteiger partial charge in [-0.25, -0.2) is 4.79 Å². The van der Waals surface area contributed by atoms with Crippen LogP contribution in [0.5, 0.6) is 5.75 Å². The highest BCUT2D eigenvalue weighted by Crippen LogP contribution is 2.19. The summed E-state index contributed by atoms with van der Waals surface area (Å²) < 4.78 is 10.4. The van der Waals surface area contributed by atoms with Gasteiger partial charge in [0, 0.05) is 24.2 Å². The predicted molar refractivity (Wildman–Crippen MR) is 113 cm³/mol. The van der Waals surface area contributed by atoms with Gasteiger partial charge < -0.3 is 14.8 Å². The van der Waals surface area contributed by atoms with E-state index < -0.39 is 16.8 Å². The van der Waals surface area contributed by atoms with Crippen LogP contribution in [0, 0.1) is 10.1 Å². The predicted octanol–water partition coefficient (Wildman–Crippen LogP) is 3.89. The minimum absolute atomic E-state index is 0.00684. The summed E-state index contributed by atoms with van der Waals surface area (Å²) in [5, 5.41) is 13.9. The number of ether oxygens (including phenoxy) is 2. The fourth-order valence-electron chi connectivity index (χ4n) is 2.91. The molecule has 0 atom stereocenters.